The summed E-state index contributed by atoms with van der Waals surface area (Å²) in [5.41, 5.74) is 5.45. The molecule has 0 aromatic heterocycles. The number of nitrogens with zero attached hydrogens (tertiary/aromatic N) is 1. The molecular weight excluding hydrogens is 190 g/mol. The highest BCUT2D eigenvalue weighted by Gasteiger charge is 2.41. The third-order valence-electron chi connectivity index (χ3n) is 3.03. The highest BCUT2D eigenvalue weighted by atomic mass is 19.1. The van der Waals surface area contributed by atoms with Gasteiger partial charge in [-0.2, -0.15) is 0 Å². The van der Waals surface area contributed by atoms with Gasteiger partial charge in [0.2, 0.25) is 5.91 Å². The van der Waals surface area contributed by atoms with Gasteiger partial charge in [-0.05, 0) is 12.8 Å². The molecule has 2 aliphatic rings. The zero-order valence-corrected chi connectivity index (χ0v) is 7.83. The summed E-state index contributed by atoms with van der Waals surface area (Å²) in [4.78, 5) is 13.0. The van der Waals surface area contributed by atoms with Crippen molar-refractivity contribution in [2.75, 3.05) is 13.1 Å². The molecule has 0 aromatic carbocycles. The number of rotatable bonds is 1. The Morgan fingerprint density at radius 3 is 2.36 bits per heavy atom. The highest BCUT2D eigenvalue weighted by molar-refractivity contribution is 5.80. The lowest BCUT2D eigenvalue weighted by Crippen LogP contribution is -2.42. The van der Waals surface area contributed by atoms with Crippen LogP contribution in [0.3, 0.4) is 0 Å². The maximum Gasteiger partial charge on any atom is 0.226 e. The van der Waals surface area contributed by atoms with Crippen molar-refractivity contribution in [1.82, 2.24) is 4.90 Å². The van der Waals surface area contributed by atoms with Crippen LogP contribution in [0.4, 0.5) is 8.78 Å². The van der Waals surface area contributed by atoms with E-state index in [9.17, 15) is 13.6 Å². The SMILES string of the molecule is N[C@@H]1CN(C(=O)C2CC(F)C2)C[C@@H]1F. The molecule has 80 valence electrons. The summed E-state index contributed by atoms with van der Waals surface area (Å²) in [7, 11) is 0. The van der Waals surface area contributed by atoms with Gasteiger partial charge < -0.3 is 10.6 Å². The van der Waals surface area contributed by atoms with E-state index in [4.69, 9.17) is 5.73 Å². The molecular formula is C9H14F2N2O. The van der Waals surface area contributed by atoms with Crippen molar-refractivity contribution in [3.8, 4) is 0 Å². The number of hydrogen-bond acceptors (Lipinski definition) is 2. The van der Waals surface area contributed by atoms with Gasteiger partial charge in [-0.1, -0.05) is 0 Å². The van der Waals surface area contributed by atoms with Crippen molar-refractivity contribution in [2.45, 2.75) is 31.2 Å². The molecule has 0 spiro atoms. The van der Waals surface area contributed by atoms with E-state index in [2.05, 4.69) is 0 Å². The van der Waals surface area contributed by atoms with Gasteiger partial charge in [-0.25, -0.2) is 8.78 Å². The fourth-order valence-electron chi connectivity index (χ4n) is 1.98. The predicted molar refractivity (Wildman–Crippen MR) is 47.1 cm³/mol. The van der Waals surface area contributed by atoms with E-state index < -0.39 is 18.4 Å². The van der Waals surface area contributed by atoms with Crippen LogP contribution in [0.1, 0.15) is 12.8 Å². The average Bonchev–Trinajstić information content (AvgIpc) is 2.41. The standard InChI is InChI=1S/C9H14F2N2O/c10-6-1-5(2-6)9(14)13-3-7(11)8(12)4-13/h5-8H,1-4,12H2/t5?,6?,7-,8+/m0/s1. The predicted octanol–water partition coefficient (Wildman–Crippen LogP) is 0.242. The molecule has 2 fully saturated rings. The summed E-state index contributed by atoms with van der Waals surface area (Å²) in [6.07, 6.45) is -1.38. The first-order chi connectivity index (χ1) is 6.58. The van der Waals surface area contributed by atoms with Gasteiger partial charge in [0.1, 0.15) is 12.3 Å². The number of likely N-dealkylation sites (tertiary alicyclic amines) is 1. The van der Waals surface area contributed by atoms with Gasteiger partial charge in [0.25, 0.3) is 0 Å². The monoisotopic (exact) mass is 204 g/mol. The van der Waals surface area contributed by atoms with Crippen LogP contribution < -0.4 is 5.73 Å². The number of carbonyl (C=O) groups excluding carboxylic acids is 1. The fraction of sp³-hybridized carbons (Fsp3) is 0.889. The molecule has 5 heteroatoms. The van der Waals surface area contributed by atoms with Gasteiger partial charge in [0.05, 0.1) is 12.6 Å². The summed E-state index contributed by atoms with van der Waals surface area (Å²) >= 11 is 0. The normalized spacial score (nSPS) is 42.4. The number of carbonyl (C=O) groups is 1. The third kappa shape index (κ3) is 1.61. The molecule has 0 aromatic rings. The van der Waals surface area contributed by atoms with Crippen LogP contribution in [0.15, 0.2) is 0 Å². The molecule has 2 N–H and O–H groups in total. The Morgan fingerprint density at radius 2 is 1.93 bits per heavy atom. The Bertz CT molecular complexity index is 233. The summed E-state index contributed by atoms with van der Waals surface area (Å²) < 4.78 is 25.5. The molecule has 2 rings (SSSR count). The number of alkyl halides is 2. The molecule has 0 radical (unpaired) electrons. The summed E-state index contributed by atoms with van der Waals surface area (Å²) in [5, 5.41) is 0. The van der Waals surface area contributed by atoms with E-state index in [0.717, 1.165) is 0 Å². The Hall–Kier alpha value is -0.710. The molecule has 1 aliphatic heterocycles. The topological polar surface area (TPSA) is 46.3 Å². The first-order valence-electron chi connectivity index (χ1n) is 4.90. The Morgan fingerprint density at radius 1 is 1.29 bits per heavy atom. The zero-order chi connectivity index (χ0) is 10.3. The molecule has 0 unspecified atom stereocenters. The van der Waals surface area contributed by atoms with Crippen LogP contribution in [-0.4, -0.2) is 42.3 Å². The molecule has 2 atom stereocenters. The van der Waals surface area contributed by atoms with Gasteiger partial charge in [-0.15, -0.1) is 0 Å². The van der Waals surface area contributed by atoms with E-state index in [1.54, 1.807) is 0 Å². The summed E-state index contributed by atoms with van der Waals surface area (Å²) in [5.74, 6) is -0.364. The van der Waals surface area contributed by atoms with Crippen LogP contribution in [0.25, 0.3) is 0 Å². The number of amides is 1. The largest absolute Gasteiger partial charge is 0.338 e. The minimum atomic E-state index is -1.12. The molecule has 1 saturated heterocycles. The quantitative estimate of drug-likeness (QED) is 0.665. The minimum Gasteiger partial charge on any atom is -0.338 e. The minimum absolute atomic E-state index is 0.0768. The molecule has 1 heterocycles. The van der Waals surface area contributed by atoms with Crippen LogP contribution in [-0.2, 0) is 4.79 Å². The Balaban J connectivity index is 1.87. The lowest BCUT2D eigenvalue weighted by atomic mass is 9.82. The van der Waals surface area contributed by atoms with Crippen LogP contribution in [0, 0.1) is 5.92 Å². The smallest absolute Gasteiger partial charge is 0.226 e. The van der Waals surface area contributed by atoms with Crippen molar-refractivity contribution in [2.24, 2.45) is 11.7 Å². The zero-order valence-electron chi connectivity index (χ0n) is 7.83. The van der Waals surface area contributed by atoms with E-state index in [1.165, 1.54) is 4.90 Å². The Kier molecular flexibility index (Phi) is 2.43. The Labute approximate surface area is 81.2 Å². The van der Waals surface area contributed by atoms with E-state index in [-0.39, 0.29) is 24.9 Å². The van der Waals surface area contributed by atoms with Crippen LogP contribution in [0.5, 0.6) is 0 Å². The van der Waals surface area contributed by atoms with Crippen molar-refractivity contribution < 1.29 is 13.6 Å². The second kappa shape index (κ2) is 3.46. The highest BCUT2D eigenvalue weighted by Crippen LogP contribution is 2.32. The lowest BCUT2D eigenvalue weighted by molar-refractivity contribution is -0.139. The molecule has 1 aliphatic carbocycles. The maximum absolute atomic E-state index is 13.0. The number of hydrogen-bond donors (Lipinski definition) is 1. The van der Waals surface area contributed by atoms with E-state index in [1.807, 2.05) is 0 Å². The molecule has 3 nitrogen and oxygen atoms in total. The lowest BCUT2D eigenvalue weighted by Gasteiger charge is -2.31. The van der Waals surface area contributed by atoms with Crippen molar-refractivity contribution in [3.05, 3.63) is 0 Å². The first kappa shape index (κ1) is 9.83. The number of nitrogens with two attached hydrogens (primary N) is 1. The molecule has 1 saturated carbocycles. The summed E-state index contributed by atoms with van der Waals surface area (Å²) in [6, 6.07) is -0.569. The van der Waals surface area contributed by atoms with Crippen LogP contribution in [0.2, 0.25) is 0 Å². The average molecular weight is 204 g/mol. The van der Waals surface area contributed by atoms with Crippen molar-refractivity contribution >= 4 is 5.91 Å². The molecule has 14 heavy (non-hydrogen) atoms. The first-order valence-corrected chi connectivity index (χ1v) is 4.90. The van der Waals surface area contributed by atoms with Gasteiger partial charge in [-0.3, -0.25) is 4.79 Å². The van der Waals surface area contributed by atoms with Crippen molar-refractivity contribution in [3.63, 3.8) is 0 Å². The molecule has 1 amide bonds. The van der Waals surface area contributed by atoms with Gasteiger partial charge in [0, 0.05) is 12.5 Å². The third-order valence-corrected chi connectivity index (χ3v) is 3.03. The van der Waals surface area contributed by atoms with Crippen molar-refractivity contribution in [1.29, 1.82) is 0 Å². The van der Waals surface area contributed by atoms with Gasteiger partial charge >= 0.3 is 0 Å². The fourth-order valence-corrected chi connectivity index (χ4v) is 1.98. The van der Waals surface area contributed by atoms with Crippen LogP contribution >= 0.6 is 0 Å². The summed E-state index contributed by atoms with van der Waals surface area (Å²) in [6.45, 7) is 0.348. The second-order valence-electron chi connectivity index (χ2n) is 4.19. The molecule has 0 bridgehead atoms. The van der Waals surface area contributed by atoms with Gasteiger partial charge in [0.15, 0.2) is 0 Å². The van der Waals surface area contributed by atoms with E-state index in [0.29, 0.717) is 12.8 Å². The van der Waals surface area contributed by atoms with E-state index >= 15 is 0 Å². The second-order valence-corrected chi connectivity index (χ2v) is 4.19. The number of halogens is 2. The maximum atomic E-state index is 13.0.